The summed E-state index contributed by atoms with van der Waals surface area (Å²) in [4.78, 5) is 26.8. The Morgan fingerprint density at radius 1 is 1.12 bits per heavy atom. The predicted molar refractivity (Wildman–Crippen MR) is 97.0 cm³/mol. The summed E-state index contributed by atoms with van der Waals surface area (Å²) < 4.78 is 10.8. The second-order valence-electron chi connectivity index (χ2n) is 6.22. The van der Waals surface area contributed by atoms with Crippen molar-refractivity contribution >= 4 is 11.9 Å². The van der Waals surface area contributed by atoms with Crippen LogP contribution >= 0.6 is 0 Å². The quantitative estimate of drug-likeness (QED) is 0.810. The number of nitrogens with zero attached hydrogens (tertiary/aromatic N) is 1. The number of ether oxygens (including phenoxy) is 2. The third-order valence-corrected chi connectivity index (χ3v) is 4.52. The molecule has 0 unspecified atom stereocenters. The Morgan fingerprint density at radius 2 is 1.88 bits per heavy atom. The third kappa shape index (κ3) is 3.10. The van der Waals surface area contributed by atoms with Crippen LogP contribution in [0.4, 0.5) is 4.79 Å². The topological polar surface area (TPSA) is 67.9 Å². The Morgan fingerprint density at radius 3 is 2.62 bits per heavy atom. The fraction of sp³-hybridized carbons (Fsp3) is 0.300. The van der Waals surface area contributed by atoms with Crippen molar-refractivity contribution in [3.63, 3.8) is 0 Å². The van der Waals surface area contributed by atoms with Gasteiger partial charge in [-0.2, -0.15) is 0 Å². The minimum absolute atomic E-state index is 0.153. The minimum atomic E-state index is -1.13. The maximum absolute atomic E-state index is 13.1. The van der Waals surface area contributed by atoms with Crippen LogP contribution in [0, 0.1) is 0 Å². The molecule has 1 heterocycles. The van der Waals surface area contributed by atoms with E-state index in [1.54, 1.807) is 38.3 Å². The first kappa shape index (κ1) is 17.8. The maximum Gasteiger partial charge on any atom is 0.325 e. The molecule has 3 amide bonds. The molecule has 2 aromatic rings. The van der Waals surface area contributed by atoms with Crippen LogP contribution in [0.15, 0.2) is 48.5 Å². The molecule has 1 atom stereocenters. The van der Waals surface area contributed by atoms with Crippen LogP contribution in [-0.2, 0) is 16.9 Å². The highest BCUT2D eigenvalue weighted by Crippen LogP contribution is 2.32. The van der Waals surface area contributed by atoms with E-state index in [0.29, 0.717) is 23.7 Å². The number of amides is 3. The zero-order chi connectivity index (χ0) is 18.7. The van der Waals surface area contributed by atoms with Crippen molar-refractivity contribution in [2.24, 2.45) is 0 Å². The van der Waals surface area contributed by atoms with E-state index in [1.807, 2.05) is 31.2 Å². The summed E-state index contributed by atoms with van der Waals surface area (Å²) in [7, 11) is 1.56. The highest BCUT2D eigenvalue weighted by Gasteiger charge is 2.49. The SMILES string of the molecule is CCOc1ccccc1CN1C(=O)N[C@](C)(c2cccc(OC)c2)C1=O. The molecule has 0 radical (unpaired) electrons. The Kier molecular flexibility index (Phi) is 4.84. The number of hydrogen-bond acceptors (Lipinski definition) is 4. The molecule has 1 aliphatic heterocycles. The van der Waals surface area contributed by atoms with E-state index < -0.39 is 11.6 Å². The second-order valence-corrected chi connectivity index (χ2v) is 6.22. The molecular weight excluding hydrogens is 332 g/mol. The average molecular weight is 354 g/mol. The fourth-order valence-electron chi connectivity index (χ4n) is 3.07. The molecule has 0 aromatic heterocycles. The van der Waals surface area contributed by atoms with Crippen LogP contribution in [0.5, 0.6) is 11.5 Å². The molecule has 136 valence electrons. The summed E-state index contributed by atoms with van der Waals surface area (Å²) in [5, 5.41) is 2.81. The van der Waals surface area contributed by atoms with Gasteiger partial charge in [-0.1, -0.05) is 30.3 Å². The molecule has 1 N–H and O–H groups in total. The van der Waals surface area contributed by atoms with Gasteiger partial charge in [-0.15, -0.1) is 0 Å². The van der Waals surface area contributed by atoms with E-state index >= 15 is 0 Å². The van der Waals surface area contributed by atoms with Gasteiger partial charge in [0.25, 0.3) is 5.91 Å². The first-order valence-electron chi connectivity index (χ1n) is 8.49. The number of hydrogen-bond donors (Lipinski definition) is 1. The Bertz CT molecular complexity index is 836. The summed E-state index contributed by atoms with van der Waals surface area (Å²) in [5.41, 5.74) is 0.329. The van der Waals surface area contributed by atoms with Crippen LogP contribution in [0.25, 0.3) is 0 Å². The molecule has 1 saturated heterocycles. The van der Waals surface area contributed by atoms with Gasteiger partial charge in [0.05, 0.1) is 20.3 Å². The van der Waals surface area contributed by atoms with Crippen molar-refractivity contribution in [2.75, 3.05) is 13.7 Å². The minimum Gasteiger partial charge on any atom is -0.497 e. The summed E-state index contributed by atoms with van der Waals surface area (Å²) >= 11 is 0. The van der Waals surface area contributed by atoms with E-state index in [1.165, 1.54) is 4.90 Å². The Labute approximate surface area is 152 Å². The number of para-hydroxylation sites is 1. The zero-order valence-electron chi connectivity index (χ0n) is 15.1. The lowest BCUT2D eigenvalue weighted by molar-refractivity contribution is -0.131. The summed E-state index contributed by atoms with van der Waals surface area (Å²) in [6.07, 6.45) is 0. The average Bonchev–Trinajstić information content (AvgIpc) is 2.87. The molecular formula is C20H22N2O4. The molecule has 6 nitrogen and oxygen atoms in total. The highest BCUT2D eigenvalue weighted by molar-refractivity contribution is 6.07. The first-order valence-corrected chi connectivity index (χ1v) is 8.49. The summed E-state index contributed by atoms with van der Waals surface area (Å²) in [5.74, 6) is 0.999. The van der Waals surface area contributed by atoms with Gasteiger partial charge in [0, 0.05) is 5.56 Å². The van der Waals surface area contributed by atoms with Gasteiger partial charge < -0.3 is 14.8 Å². The van der Waals surface area contributed by atoms with Crippen LogP contribution in [0.3, 0.4) is 0 Å². The second kappa shape index (κ2) is 7.07. The van der Waals surface area contributed by atoms with E-state index in [0.717, 1.165) is 5.56 Å². The molecule has 3 rings (SSSR count). The third-order valence-electron chi connectivity index (χ3n) is 4.52. The molecule has 1 aliphatic rings. The monoisotopic (exact) mass is 354 g/mol. The highest BCUT2D eigenvalue weighted by atomic mass is 16.5. The van der Waals surface area contributed by atoms with Gasteiger partial charge in [0.1, 0.15) is 17.0 Å². The number of carbonyl (C=O) groups is 2. The Balaban J connectivity index is 1.89. The van der Waals surface area contributed by atoms with Gasteiger partial charge in [0.2, 0.25) is 0 Å². The summed E-state index contributed by atoms with van der Waals surface area (Å²) in [6.45, 7) is 4.26. The molecule has 0 bridgehead atoms. The number of benzene rings is 2. The van der Waals surface area contributed by atoms with Crippen molar-refractivity contribution in [3.05, 3.63) is 59.7 Å². The smallest absolute Gasteiger partial charge is 0.325 e. The van der Waals surface area contributed by atoms with Crippen LogP contribution in [0.1, 0.15) is 25.0 Å². The van der Waals surface area contributed by atoms with Crippen LogP contribution in [-0.4, -0.2) is 30.6 Å². The molecule has 1 fully saturated rings. The molecule has 0 spiro atoms. The van der Waals surface area contributed by atoms with Gasteiger partial charge in [0.15, 0.2) is 0 Å². The van der Waals surface area contributed by atoms with Crippen molar-refractivity contribution in [1.29, 1.82) is 0 Å². The van der Waals surface area contributed by atoms with Crippen molar-refractivity contribution < 1.29 is 19.1 Å². The zero-order valence-corrected chi connectivity index (χ0v) is 15.1. The lowest BCUT2D eigenvalue weighted by Gasteiger charge is -2.23. The van der Waals surface area contributed by atoms with E-state index in [-0.39, 0.29) is 12.5 Å². The number of nitrogens with one attached hydrogen (secondary N) is 1. The summed E-state index contributed by atoms with van der Waals surface area (Å²) in [6, 6.07) is 14.1. The van der Waals surface area contributed by atoms with E-state index in [9.17, 15) is 9.59 Å². The number of imide groups is 1. The lowest BCUT2D eigenvalue weighted by atomic mass is 9.92. The van der Waals surface area contributed by atoms with Gasteiger partial charge >= 0.3 is 6.03 Å². The van der Waals surface area contributed by atoms with Crippen molar-refractivity contribution in [2.45, 2.75) is 25.9 Å². The number of methoxy groups -OCH3 is 1. The fourth-order valence-corrected chi connectivity index (χ4v) is 3.07. The maximum atomic E-state index is 13.1. The van der Waals surface area contributed by atoms with Crippen LogP contribution < -0.4 is 14.8 Å². The van der Waals surface area contributed by atoms with Crippen LogP contribution in [0.2, 0.25) is 0 Å². The molecule has 26 heavy (non-hydrogen) atoms. The number of urea groups is 1. The van der Waals surface area contributed by atoms with Crippen molar-refractivity contribution in [1.82, 2.24) is 10.2 Å². The van der Waals surface area contributed by atoms with Gasteiger partial charge in [-0.05, 0) is 37.6 Å². The van der Waals surface area contributed by atoms with Gasteiger partial charge in [-0.3, -0.25) is 9.69 Å². The van der Waals surface area contributed by atoms with E-state index in [2.05, 4.69) is 5.32 Å². The van der Waals surface area contributed by atoms with Crippen molar-refractivity contribution in [3.8, 4) is 11.5 Å². The molecule has 0 saturated carbocycles. The van der Waals surface area contributed by atoms with Gasteiger partial charge in [-0.25, -0.2) is 4.79 Å². The Hall–Kier alpha value is -3.02. The standard InChI is InChI=1S/C20H22N2O4/c1-4-26-17-11-6-5-8-14(17)13-22-18(23)20(2,21-19(22)24)15-9-7-10-16(12-15)25-3/h5-12H,4,13H2,1-3H3,(H,21,24)/t20-/m1/s1. The lowest BCUT2D eigenvalue weighted by Crippen LogP contribution is -2.40. The largest absolute Gasteiger partial charge is 0.497 e. The first-order chi connectivity index (χ1) is 12.5. The molecule has 2 aromatic carbocycles. The number of rotatable bonds is 6. The molecule has 6 heteroatoms. The number of carbonyl (C=O) groups excluding carboxylic acids is 2. The van der Waals surface area contributed by atoms with E-state index in [4.69, 9.17) is 9.47 Å². The normalized spacial score (nSPS) is 19.4. The molecule has 0 aliphatic carbocycles. The predicted octanol–water partition coefficient (Wildman–Crippen LogP) is 3.06.